The molecule has 26 heavy (non-hydrogen) atoms. The fraction of sp³-hybridized carbons (Fsp3) is 0.286. The lowest BCUT2D eigenvalue weighted by atomic mass is 9.90. The molecule has 3 aromatic rings. The van der Waals surface area contributed by atoms with Crippen molar-refractivity contribution in [2.75, 3.05) is 0 Å². The Morgan fingerprint density at radius 2 is 1.58 bits per heavy atom. The molecule has 0 aliphatic carbocycles. The molecule has 0 unspecified atom stereocenters. The highest BCUT2D eigenvalue weighted by Gasteiger charge is 2.26. The van der Waals surface area contributed by atoms with Crippen molar-refractivity contribution in [3.05, 3.63) is 84.4 Å². The number of nitrogens with zero attached hydrogens (tertiary/aromatic N) is 3. The lowest BCUT2D eigenvalue weighted by molar-refractivity contribution is -0.122. The lowest BCUT2D eigenvalue weighted by Crippen LogP contribution is -2.44. The van der Waals surface area contributed by atoms with Crippen LogP contribution in [0.5, 0.6) is 0 Å². The van der Waals surface area contributed by atoms with Gasteiger partial charge in [-0.3, -0.25) is 9.48 Å². The van der Waals surface area contributed by atoms with E-state index in [1.807, 2.05) is 60.7 Å². The Labute approximate surface area is 154 Å². The van der Waals surface area contributed by atoms with E-state index in [4.69, 9.17) is 0 Å². The Kier molecular flexibility index (Phi) is 5.79. The van der Waals surface area contributed by atoms with E-state index < -0.39 is 0 Å². The fourth-order valence-electron chi connectivity index (χ4n) is 3.00. The molecule has 0 saturated carbocycles. The standard InChI is InChI=1S/C21H24N4O/c1-16(2)19(13-25-15-22-14-23-25)24-21(26)20(17-9-5-3-6-10-17)18-11-7-4-8-12-18/h3-12,14-16,19-20H,13H2,1-2H3,(H,24,26)/t19-/m0/s1. The zero-order chi connectivity index (χ0) is 18.4. The fourth-order valence-corrected chi connectivity index (χ4v) is 3.00. The first-order valence-corrected chi connectivity index (χ1v) is 8.88. The summed E-state index contributed by atoms with van der Waals surface area (Å²) in [6.07, 6.45) is 3.18. The number of hydrogen-bond donors (Lipinski definition) is 1. The molecule has 1 atom stereocenters. The molecule has 1 N–H and O–H groups in total. The largest absolute Gasteiger partial charge is 0.350 e. The Morgan fingerprint density at radius 3 is 2.04 bits per heavy atom. The number of aromatic nitrogens is 3. The van der Waals surface area contributed by atoms with Gasteiger partial charge in [-0.25, -0.2) is 4.98 Å². The second-order valence-electron chi connectivity index (χ2n) is 6.73. The van der Waals surface area contributed by atoms with Crippen LogP contribution in [0.2, 0.25) is 0 Å². The quantitative estimate of drug-likeness (QED) is 0.713. The predicted octanol–water partition coefficient (Wildman–Crippen LogP) is 3.25. The molecule has 3 rings (SSSR count). The van der Waals surface area contributed by atoms with Crippen LogP contribution in [0.15, 0.2) is 73.3 Å². The number of carbonyl (C=O) groups excluding carboxylic acids is 1. The van der Waals surface area contributed by atoms with E-state index in [1.165, 1.54) is 6.33 Å². The highest BCUT2D eigenvalue weighted by molar-refractivity contribution is 5.87. The third-order valence-corrected chi connectivity index (χ3v) is 4.51. The van der Waals surface area contributed by atoms with Gasteiger partial charge in [-0.15, -0.1) is 0 Å². The Morgan fingerprint density at radius 1 is 1.00 bits per heavy atom. The molecular weight excluding hydrogens is 324 g/mol. The van der Waals surface area contributed by atoms with Gasteiger partial charge in [-0.1, -0.05) is 74.5 Å². The van der Waals surface area contributed by atoms with Gasteiger partial charge < -0.3 is 5.32 Å². The maximum absolute atomic E-state index is 13.2. The van der Waals surface area contributed by atoms with Crippen molar-refractivity contribution in [1.29, 1.82) is 0 Å². The average Bonchev–Trinajstić information content (AvgIpc) is 3.16. The minimum Gasteiger partial charge on any atom is -0.350 e. The van der Waals surface area contributed by atoms with Crippen LogP contribution >= 0.6 is 0 Å². The summed E-state index contributed by atoms with van der Waals surface area (Å²) in [5.74, 6) is -0.0639. The molecule has 5 nitrogen and oxygen atoms in total. The zero-order valence-corrected chi connectivity index (χ0v) is 15.1. The molecule has 0 saturated heterocycles. The predicted molar refractivity (Wildman–Crippen MR) is 102 cm³/mol. The molecular formula is C21H24N4O. The monoisotopic (exact) mass is 348 g/mol. The minimum absolute atomic E-state index is 0.00113. The third kappa shape index (κ3) is 4.36. The number of nitrogens with one attached hydrogen (secondary N) is 1. The molecule has 0 bridgehead atoms. The van der Waals surface area contributed by atoms with Crippen molar-refractivity contribution >= 4 is 5.91 Å². The second-order valence-corrected chi connectivity index (χ2v) is 6.73. The van der Waals surface area contributed by atoms with E-state index in [-0.39, 0.29) is 23.8 Å². The summed E-state index contributed by atoms with van der Waals surface area (Å²) in [6.45, 7) is 4.80. The smallest absolute Gasteiger partial charge is 0.232 e. The van der Waals surface area contributed by atoms with Gasteiger partial charge in [0.15, 0.2) is 0 Å². The van der Waals surface area contributed by atoms with E-state index in [1.54, 1.807) is 11.0 Å². The van der Waals surface area contributed by atoms with E-state index >= 15 is 0 Å². The normalized spacial score (nSPS) is 12.3. The molecule has 1 aromatic heterocycles. The van der Waals surface area contributed by atoms with Crippen molar-refractivity contribution in [3.63, 3.8) is 0 Å². The first kappa shape index (κ1) is 17.9. The van der Waals surface area contributed by atoms with E-state index in [9.17, 15) is 4.79 Å². The summed E-state index contributed by atoms with van der Waals surface area (Å²) < 4.78 is 1.75. The number of benzene rings is 2. The van der Waals surface area contributed by atoms with Crippen LogP contribution in [-0.4, -0.2) is 26.7 Å². The van der Waals surface area contributed by atoms with Crippen LogP contribution < -0.4 is 5.32 Å². The zero-order valence-electron chi connectivity index (χ0n) is 15.1. The van der Waals surface area contributed by atoms with Crippen LogP contribution in [0.25, 0.3) is 0 Å². The molecule has 0 aliphatic rings. The van der Waals surface area contributed by atoms with Crippen LogP contribution in [0.1, 0.15) is 30.9 Å². The Bertz CT molecular complexity index is 761. The van der Waals surface area contributed by atoms with Gasteiger partial charge in [-0.2, -0.15) is 5.10 Å². The molecule has 0 fully saturated rings. The molecule has 134 valence electrons. The number of carbonyl (C=O) groups is 1. The minimum atomic E-state index is -0.339. The maximum atomic E-state index is 13.2. The topological polar surface area (TPSA) is 59.8 Å². The van der Waals surface area contributed by atoms with Crippen molar-refractivity contribution in [2.45, 2.75) is 32.4 Å². The molecule has 1 heterocycles. The summed E-state index contributed by atoms with van der Waals surface area (Å²) >= 11 is 0. The second kappa shape index (κ2) is 8.43. The van der Waals surface area contributed by atoms with Crippen molar-refractivity contribution in [1.82, 2.24) is 20.1 Å². The first-order chi connectivity index (χ1) is 12.6. The van der Waals surface area contributed by atoms with Crippen LogP contribution in [0, 0.1) is 5.92 Å². The number of amides is 1. The number of hydrogen-bond acceptors (Lipinski definition) is 3. The summed E-state index contributed by atoms with van der Waals surface area (Å²) in [4.78, 5) is 17.2. The lowest BCUT2D eigenvalue weighted by Gasteiger charge is -2.26. The number of rotatable bonds is 7. The van der Waals surface area contributed by atoms with Crippen LogP contribution in [0.4, 0.5) is 0 Å². The molecule has 1 amide bonds. The summed E-state index contributed by atoms with van der Waals surface area (Å²) in [6, 6.07) is 19.8. The van der Waals surface area contributed by atoms with E-state index in [0.29, 0.717) is 6.54 Å². The van der Waals surface area contributed by atoms with Crippen molar-refractivity contribution in [3.8, 4) is 0 Å². The summed E-state index contributed by atoms with van der Waals surface area (Å²) in [5, 5.41) is 7.39. The highest BCUT2D eigenvalue weighted by atomic mass is 16.2. The average molecular weight is 348 g/mol. The summed E-state index contributed by atoms with van der Waals surface area (Å²) in [5.41, 5.74) is 1.97. The van der Waals surface area contributed by atoms with E-state index in [2.05, 4.69) is 29.2 Å². The van der Waals surface area contributed by atoms with Gasteiger partial charge in [0.2, 0.25) is 5.91 Å². The molecule has 0 radical (unpaired) electrons. The Balaban J connectivity index is 1.85. The van der Waals surface area contributed by atoms with Crippen molar-refractivity contribution < 1.29 is 4.79 Å². The first-order valence-electron chi connectivity index (χ1n) is 8.88. The summed E-state index contributed by atoms with van der Waals surface area (Å²) in [7, 11) is 0. The van der Waals surface area contributed by atoms with Gasteiger partial charge in [0, 0.05) is 0 Å². The molecule has 0 aliphatic heterocycles. The van der Waals surface area contributed by atoms with Gasteiger partial charge in [0.1, 0.15) is 12.7 Å². The van der Waals surface area contributed by atoms with E-state index in [0.717, 1.165) is 11.1 Å². The Hall–Kier alpha value is -2.95. The third-order valence-electron chi connectivity index (χ3n) is 4.51. The van der Waals surface area contributed by atoms with Crippen LogP contribution in [0.3, 0.4) is 0 Å². The highest BCUT2D eigenvalue weighted by Crippen LogP contribution is 2.25. The van der Waals surface area contributed by atoms with Gasteiger partial charge in [0.25, 0.3) is 0 Å². The van der Waals surface area contributed by atoms with Gasteiger partial charge in [-0.05, 0) is 17.0 Å². The maximum Gasteiger partial charge on any atom is 0.232 e. The van der Waals surface area contributed by atoms with Crippen LogP contribution in [-0.2, 0) is 11.3 Å². The molecule has 0 spiro atoms. The SMILES string of the molecule is CC(C)[C@H](Cn1cncn1)NC(=O)C(c1ccccc1)c1ccccc1. The van der Waals surface area contributed by atoms with Gasteiger partial charge >= 0.3 is 0 Å². The molecule has 2 aromatic carbocycles. The van der Waals surface area contributed by atoms with Gasteiger partial charge in [0.05, 0.1) is 18.5 Å². The molecule has 5 heteroatoms. The van der Waals surface area contributed by atoms with Crippen molar-refractivity contribution in [2.24, 2.45) is 5.92 Å².